The second-order valence-corrected chi connectivity index (χ2v) is 5.11. The van der Waals surface area contributed by atoms with E-state index >= 15 is 0 Å². The molecule has 0 spiro atoms. The van der Waals surface area contributed by atoms with E-state index in [4.69, 9.17) is 9.84 Å². The van der Waals surface area contributed by atoms with Crippen LogP contribution in [0.3, 0.4) is 0 Å². The maximum Gasteiger partial charge on any atom is 0.220 e. The highest BCUT2D eigenvalue weighted by atomic mass is 16.5. The second-order valence-electron chi connectivity index (χ2n) is 5.11. The van der Waals surface area contributed by atoms with Crippen molar-refractivity contribution in [1.82, 2.24) is 5.32 Å². The molecule has 1 atom stereocenters. The van der Waals surface area contributed by atoms with Crippen molar-refractivity contribution >= 4 is 5.91 Å². The third-order valence-electron chi connectivity index (χ3n) is 2.96. The van der Waals surface area contributed by atoms with Crippen LogP contribution in [0.2, 0.25) is 0 Å². The number of benzene rings is 1. The molecular formula is C16H25NO3. The largest absolute Gasteiger partial charge is 0.494 e. The minimum atomic E-state index is -0.296. The molecule has 1 aromatic rings. The average Bonchev–Trinajstić information content (AvgIpc) is 2.41. The van der Waals surface area contributed by atoms with Crippen LogP contribution in [0.25, 0.3) is 0 Å². The van der Waals surface area contributed by atoms with E-state index in [1.807, 2.05) is 31.2 Å². The van der Waals surface area contributed by atoms with Crippen LogP contribution in [-0.2, 0) is 4.79 Å². The molecule has 0 bridgehead atoms. The molecule has 1 unspecified atom stereocenters. The molecule has 4 heteroatoms. The van der Waals surface area contributed by atoms with Crippen molar-refractivity contribution < 1.29 is 14.6 Å². The van der Waals surface area contributed by atoms with Gasteiger partial charge >= 0.3 is 0 Å². The summed E-state index contributed by atoms with van der Waals surface area (Å²) >= 11 is 0. The summed E-state index contributed by atoms with van der Waals surface area (Å²) in [6.45, 7) is 4.96. The van der Waals surface area contributed by atoms with Gasteiger partial charge in [-0.05, 0) is 45.2 Å². The number of ether oxygens (including phenoxy) is 1. The van der Waals surface area contributed by atoms with Gasteiger partial charge < -0.3 is 15.2 Å². The first kappa shape index (κ1) is 16.5. The van der Waals surface area contributed by atoms with E-state index in [0.29, 0.717) is 26.0 Å². The lowest BCUT2D eigenvalue weighted by atomic mass is 10.2. The van der Waals surface area contributed by atoms with Crippen molar-refractivity contribution in [3.8, 4) is 5.75 Å². The van der Waals surface area contributed by atoms with Crippen molar-refractivity contribution in [2.75, 3.05) is 13.2 Å². The zero-order chi connectivity index (χ0) is 14.8. The van der Waals surface area contributed by atoms with Crippen LogP contribution in [0.1, 0.15) is 38.2 Å². The Bertz CT molecular complexity index is 387. The summed E-state index contributed by atoms with van der Waals surface area (Å²) in [6.07, 6.45) is 2.41. The third-order valence-corrected chi connectivity index (χ3v) is 2.96. The van der Waals surface area contributed by atoms with E-state index in [1.54, 1.807) is 6.92 Å². The van der Waals surface area contributed by atoms with E-state index < -0.39 is 0 Å². The maximum atomic E-state index is 11.5. The number of hydrogen-bond donors (Lipinski definition) is 2. The molecule has 0 saturated carbocycles. The van der Waals surface area contributed by atoms with Crippen LogP contribution in [0.4, 0.5) is 0 Å². The number of aliphatic hydroxyl groups is 1. The molecule has 0 aliphatic heterocycles. The highest BCUT2D eigenvalue weighted by molar-refractivity contribution is 5.75. The molecule has 2 N–H and O–H groups in total. The summed E-state index contributed by atoms with van der Waals surface area (Å²) in [5, 5.41) is 11.9. The van der Waals surface area contributed by atoms with Crippen molar-refractivity contribution in [3.63, 3.8) is 0 Å². The number of aryl methyl sites for hydroxylation is 1. The summed E-state index contributed by atoms with van der Waals surface area (Å²) in [6, 6.07) is 7.88. The third kappa shape index (κ3) is 7.79. The number of amides is 1. The smallest absolute Gasteiger partial charge is 0.220 e. The Hall–Kier alpha value is -1.55. The molecule has 1 amide bonds. The molecule has 4 nitrogen and oxygen atoms in total. The predicted octanol–water partition coefficient (Wildman–Crippen LogP) is 2.43. The van der Waals surface area contributed by atoms with Crippen molar-refractivity contribution in [1.29, 1.82) is 0 Å². The Kier molecular flexibility index (Phi) is 7.73. The van der Waals surface area contributed by atoms with Crippen LogP contribution in [0.5, 0.6) is 5.75 Å². The van der Waals surface area contributed by atoms with Gasteiger partial charge in [-0.2, -0.15) is 0 Å². The monoisotopic (exact) mass is 279 g/mol. The molecular weight excluding hydrogens is 254 g/mol. The van der Waals surface area contributed by atoms with E-state index in [1.165, 1.54) is 5.56 Å². The van der Waals surface area contributed by atoms with E-state index in [0.717, 1.165) is 18.6 Å². The van der Waals surface area contributed by atoms with Gasteiger partial charge in [-0.15, -0.1) is 0 Å². The maximum absolute atomic E-state index is 11.5. The van der Waals surface area contributed by atoms with Crippen molar-refractivity contribution in [2.45, 2.75) is 45.6 Å². The lowest BCUT2D eigenvalue weighted by Crippen LogP contribution is -2.25. The highest BCUT2D eigenvalue weighted by Gasteiger charge is 2.02. The molecule has 0 saturated heterocycles. The number of rotatable bonds is 9. The quantitative estimate of drug-likeness (QED) is 0.683. The first-order valence-corrected chi connectivity index (χ1v) is 7.22. The lowest BCUT2D eigenvalue weighted by Gasteiger charge is -2.08. The number of aliphatic hydroxyl groups excluding tert-OH is 1. The molecule has 0 aromatic heterocycles. The summed E-state index contributed by atoms with van der Waals surface area (Å²) < 4.78 is 5.56. The van der Waals surface area contributed by atoms with E-state index in [9.17, 15) is 4.79 Å². The Balaban J connectivity index is 2.03. The summed E-state index contributed by atoms with van der Waals surface area (Å²) in [4.78, 5) is 11.5. The normalized spacial score (nSPS) is 11.9. The standard InChI is InChI=1S/C16H25NO3/c1-13-7-9-15(10-8-13)20-12-4-6-16(19)17-11-3-5-14(2)18/h7-10,14,18H,3-6,11-12H2,1-2H3,(H,17,19). The molecule has 0 radical (unpaired) electrons. The van der Waals surface area contributed by atoms with Crippen molar-refractivity contribution in [3.05, 3.63) is 29.8 Å². The molecule has 0 fully saturated rings. The number of nitrogens with one attached hydrogen (secondary N) is 1. The zero-order valence-electron chi connectivity index (χ0n) is 12.4. The van der Waals surface area contributed by atoms with Gasteiger partial charge in [0.1, 0.15) is 5.75 Å². The van der Waals surface area contributed by atoms with Gasteiger partial charge in [0.25, 0.3) is 0 Å². The zero-order valence-corrected chi connectivity index (χ0v) is 12.4. The first-order chi connectivity index (χ1) is 9.58. The molecule has 0 aliphatic carbocycles. The Morgan fingerprint density at radius 3 is 2.65 bits per heavy atom. The van der Waals surface area contributed by atoms with Gasteiger partial charge in [-0.25, -0.2) is 0 Å². The number of hydrogen-bond acceptors (Lipinski definition) is 3. The molecule has 0 heterocycles. The summed E-state index contributed by atoms with van der Waals surface area (Å²) in [7, 11) is 0. The first-order valence-electron chi connectivity index (χ1n) is 7.22. The van der Waals surface area contributed by atoms with Gasteiger partial charge in [0.15, 0.2) is 0 Å². The van der Waals surface area contributed by atoms with Gasteiger partial charge in [0, 0.05) is 13.0 Å². The number of carbonyl (C=O) groups excluding carboxylic acids is 1. The van der Waals surface area contributed by atoms with Crippen LogP contribution in [0.15, 0.2) is 24.3 Å². The minimum absolute atomic E-state index is 0.0445. The number of carbonyl (C=O) groups is 1. The van der Waals surface area contributed by atoms with E-state index in [2.05, 4.69) is 5.32 Å². The fraction of sp³-hybridized carbons (Fsp3) is 0.562. The van der Waals surface area contributed by atoms with Crippen LogP contribution >= 0.6 is 0 Å². The topological polar surface area (TPSA) is 58.6 Å². The molecule has 0 aliphatic rings. The minimum Gasteiger partial charge on any atom is -0.494 e. The fourth-order valence-electron chi connectivity index (χ4n) is 1.77. The average molecular weight is 279 g/mol. The SMILES string of the molecule is Cc1ccc(OCCCC(=O)NCCCC(C)O)cc1. The molecule has 1 aromatic carbocycles. The highest BCUT2D eigenvalue weighted by Crippen LogP contribution is 2.11. The second kappa shape index (κ2) is 9.37. The van der Waals surface area contributed by atoms with Crippen LogP contribution < -0.4 is 10.1 Å². The fourth-order valence-corrected chi connectivity index (χ4v) is 1.77. The van der Waals surface area contributed by atoms with Crippen LogP contribution in [-0.4, -0.2) is 30.3 Å². The predicted molar refractivity (Wildman–Crippen MR) is 79.8 cm³/mol. The van der Waals surface area contributed by atoms with E-state index in [-0.39, 0.29) is 12.0 Å². The molecule has 20 heavy (non-hydrogen) atoms. The Morgan fingerprint density at radius 2 is 2.00 bits per heavy atom. The molecule has 1 rings (SSSR count). The van der Waals surface area contributed by atoms with Gasteiger partial charge in [0.2, 0.25) is 5.91 Å². The van der Waals surface area contributed by atoms with Gasteiger partial charge in [-0.1, -0.05) is 17.7 Å². The Labute approximate surface area is 121 Å². The van der Waals surface area contributed by atoms with Crippen molar-refractivity contribution in [2.24, 2.45) is 0 Å². The Morgan fingerprint density at radius 1 is 1.30 bits per heavy atom. The van der Waals surface area contributed by atoms with Gasteiger partial charge in [-0.3, -0.25) is 4.79 Å². The lowest BCUT2D eigenvalue weighted by molar-refractivity contribution is -0.121. The van der Waals surface area contributed by atoms with Crippen LogP contribution in [0, 0.1) is 6.92 Å². The summed E-state index contributed by atoms with van der Waals surface area (Å²) in [5.41, 5.74) is 1.20. The summed E-state index contributed by atoms with van der Waals surface area (Å²) in [5.74, 6) is 0.885. The van der Waals surface area contributed by atoms with Gasteiger partial charge in [0.05, 0.1) is 12.7 Å². The molecule has 112 valence electrons.